The summed E-state index contributed by atoms with van der Waals surface area (Å²) in [6.07, 6.45) is 3.83. The number of allylic oxidation sites excluding steroid dienone is 1. The predicted molar refractivity (Wildman–Crippen MR) is 136 cm³/mol. The molecule has 3 rings (SSSR count). The monoisotopic (exact) mass is 472 g/mol. The summed E-state index contributed by atoms with van der Waals surface area (Å²) in [5.74, 6) is 0.642. The lowest BCUT2D eigenvalue weighted by Gasteiger charge is -2.17. The molecule has 0 aliphatic rings. The lowest BCUT2D eigenvalue weighted by molar-refractivity contribution is -0.112. The van der Waals surface area contributed by atoms with Gasteiger partial charge in [-0.3, -0.25) is 4.79 Å². The molecule has 3 aromatic carbocycles. The normalized spacial score (nSPS) is 10.8. The highest BCUT2D eigenvalue weighted by molar-refractivity contribution is 6.30. The van der Waals surface area contributed by atoms with Gasteiger partial charge in [0, 0.05) is 16.3 Å². The van der Waals surface area contributed by atoms with Crippen LogP contribution in [0.1, 0.15) is 23.6 Å². The van der Waals surface area contributed by atoms with Crippen LogP contribution in [0.3, 0.4) is 0 Å². The second-order valence-corrected chi connectivity index (χ2v) is 7.77. The molecule has 34 heavy (non-hydrogen) atoms. The Morgan fingerprint density at radius 3 is 2.50 bits per heavy atom. The smallest absolute Gasteiger partial charge is 0.266 e. The van der Waals surface area contributed by atoms with Crippen molar-refractivity contribution in [3.8, 4) is 17.6 Å². The van der Waals surface area contributed by atoms with Crippen LogP contribution in [0.25, 0.3) is 6.08 Å². The van der Waals surface area contributed by atoms with Gasteiger partial charge in [-0.15, -0.1) is 6.58 Å². The molecular formula is C28H25ClN2O3. The first-order valence-corrected chi connectivity index (χ1v) is 11.2. The lowest BCUT2D eigenvalue weighted by atomic mass is 10.0. The number of ether oxygens (including phenoxy) is 2. The van der Waals surface area contributed by atoms with Gasteiger partial charge in [-0.25, -0.2) is 0 Å². The predicted octanol–water partition coefficient (Wildman–Crippen LogP) is 6.59. The number of nitriles is 1. The molecule has 172 valence electrons. The third-order valence-corrected chi connectivity index (χ3v) is 5.07. The number of carbonyl (C=O) groups excluding carboxylic acids is 1. The van der Waals surface area contributed by atoms with Crippen molar-refractivity contribution in [1.29, 1.82) is 5.26 Å². The van der Waals surface area contributed by atoms with Crippen molar-refractivity contribution >= 4 is 29.3 Å². The fourth-order valence-electron chi connectivity index (χ4n) is 3.28. The summed E-state index contributed by atoms with van der Waals surface area (Å²) in [4.78, 5) is 12.7. The highest BCUT2D eigenvalue weighted by atomic mass is 35.5. The van der Waals surface area contributed by atoms with E-state index in [0.29, 0.717) is 47.4 Å². The zero-order valence-corrected chi connectivity index (χ0v) is 19.6. The molecule has 0 aromatic heterocycles. The van der Waals surface area contributed by atoms with Crippen molar-refractivity contribution in [2.75, 3.05) is 11.9 Å². The summed E-state index contributed by atoms with van der Waals surface area (Å²) in [6, 6.07) is 22.1. The van der Waals surface area contributed by atoms with Crippen LogP contribution in [-0.2, 0) is 17.8 Å². The quantitative estimate of drug-likeness (QED) is 0.205. The summed E-state index contributed by atoms with van der Waals surface area (Å²) >= 11 is 5.89. The minimum Gasteiger partial charge on any atom is -0.490 e. The number of rotatable bonds is 10. The number of benzene rings is 3. The molecule has 0 bridgehead atoms. The van der Waals surface area contributed by atoms with Gasteiger partial charge >= 0.3 is 0 Å². The van der Waals surface area contributed by atoms with E-state index in [1.807, 2.05) is 49.4 Å². The number of hydrogen-bond donors (Lipinski definition) is 1. The molecule has 0 fully saturated rings. The van der Waals surface area contributed by atoms with Crippen molar-refractivity contribution in [3.05, 3.63) is 107 Å². The van der Waals surface area contributed by atoms with Crippen LogP contribution in [0.4, 0.5) is 5.69 Å². The molecule has 1 amide bonds. The fourth-order valence-corrected chi connectivity index (χ4v) is 3.40. The van der Waals surface area contributed by atoms with Gasteiger partial charge < -0.3 is 14.8 Å². The van der Waals surface area contributed by atoms with Crippen LogP contribution in [-0.4, -0.2) is 12.5 Å². The summed E-state index contributed by atoms with van der Waals surface area (Å²) < 4.78 is 12.0. The van der Waals surface area contributed by atoms with Gasteiger partial charge in [0.05, 0.1) is 6.61 Å². The molecular weight excluding hydrogens is 448 g/mol. The summed E-state index contributed by atoms with van der Waals surface area (Å²) in [5, 5.41) is 12.9. The van der Waals surface area contributed by atoms with Crippen LogP contribution in [0.5, 0.6) is 11.5 Å². The van der Waals surface area contributed by atoms with Crippen LogP contribution in [0.2, 0.25) is 5.02 Å². The molecule has 0 unspecified atom stereocenters. The molecule has 3 aromatic rings. The van der Waals surface area contributed by atoms with E-state index in [4.69, 9.17) is 21.1 Å². The van der Waals surface area contributed by atoms with Crippen LogP contribution < -0.4 is 14.8 Å². The van der Waals surface area contributed by atoms with E-state index in [-0.39, 0.29) is 5.57 Å². The van der Waals surface area contributed by atoms with E-state index in [0.717, 1.165) is 11.1 Å². The molecule has 0 atom stereocenters. The SMILES string of the molecule is C=CCc1cc(/C=C(/C#N)C(=O)Nc2ccc(Cl)cc2)cc(OCC)c1OCc1ccccc1. The van der Waals surface area contributed by atoms with Gasteiger partial charge in [0.1, 0.15) is 18.2 Å². The van der Waals surface area contributed by atoms with Crippen molar-refractivity contribution in [2.24, 2.45) is 0 Å². The Bertz CT molecular complexity index is 1210. The summed E-state index contributed by atoms with van der Waals surface area (Å²) in [5.41, 5.74) is 3.03. The van der Waals surface area contributed by atoms with Crippen molar-refractivity contribution in [3.63, 3.8) is 0 Å². The summed E-state index contributed by atoms with van der Waals surface area (Å²) in [6.45, 7) is 6.54. The molecule has 0 heterocycles. The van der Waals surface area contributed by atoms with E-state index in [1.165, 1.54) is 6.08 Å². The van der Waals surface area contributed by atoms with Gasteiger partial charge in [-0.05, 0) is 66.9 Å². The average molecular weight is 473 g/mol. The van der Waals surface area contributed by atoms with Crippen molar-refractivity contribution < 1.29 is 14.3 Å². The number of halogens is 1. The van der Waals surface area contributed by atoms with Crippen LogP contribution in [0.15, 0.2) is 85.0 Å². The topological polar surface area (TPSA) is 71.4 Å². The molecule has 0 saturated carbocycles. The van der Waals surface area contributed by atoms with Gasteiger partial charge in [0.15, 0.2) is 11.5 Å². The van der Waals surface area contributed by atoms with Crippen LogP contribution in [0, 0.1) is 11.3 Å². The zero-order chi connectivity index (χ0) is 24.3. The van der Waals surface area contributed by atoms with Gasteiger partial charge in [-0.1, -0.05) is 48.0 Å². The van der Waals surface area contributed by atoms with Crippen molar-refractivity contribution in [1.82, 2.24) is 0 Å². The number of amides is 1. The van der Waals surface area contributed by atoms with E-state index in [1.54, 1.807) is 36.4 Å². The van der Waals surface area contributed by atoms with E-state index >= 15 is 0 Å². The summed E-state index contributed by atoms with van der Waals surface area (Å²) in [7, 11) is 0. The minimum absolute atomic E-state index is 0.0418. The lowest BCUT2D eigenvalue weighted by Crippen LogP contribution is -2.13. The van der Waals surface area contributed by atoms with Crippen molar-refractivity contribution in [2.45, 2.75) is 20.0 Å². The minimum atomic E-state index is -0.516. The van der Waals surface area contributed by atoms with E-state index < -0.39 is 5.91 Å². The number of nitrogens with zero attached hydrogens (tertiary/aromatic N) is 1. The third kappa shape index (κ3) is 6.74. The molecule has 0 aliphatic heterocycles. The fraction of sp³-hybridized carbons (Fsp3) is 0.143. The standard InChI is InChI=1S/C28H25ClN2O3/c1-3-8-22-15-21(16-23(18-30)28(32)31-25-13-11-24(29)12-14-25)17-26(33-4-2)27(22)34-19-20-9-6-5-7-10-20/h3,5-7,9-17H,1,4,8,19H2,2H3,(H,31,32)/b23-16-. The number of anilines is 1. The Hall–Kier alpha value is -4.01. The Labute approximate surface area is 204 Å². The molecule has 0 aliphatic carbocycles. The third-order valence-electron chi connectivity index (χ3n) is 4.82. The first-order chi connectivity index (χ1) is 16.5. The second-order valence-electron chi connectivity index (χ2n) is 7.34. The Balaban J connectivity index is 1.92. The highest BCUT2D eigenvalue weighted by Crippen LogP contribution is 2.35. The molecule has 0 saturated heterocycles. The first-order valence-electron chi connectivity index (χ1n) is 10.8. The zero-order valence-electron chi connectivity index (χ0n) is 18.9. The number of carbonyl (C=O) groups is 1. The van der Waals surface area contributed by atoms with Gasteiger partial charge in [0.25, 0.3) is 5.91 Å². The average Bonchev–Trinajstić information content (AvgIpc) is 2.84. The number of nitrogens with one attached hydrogen (secondary N) is 1. The molecule has 0 radical (unpaired) electrons. The van der Waals surface area contributed by atoms with Crippen LogP contribution >= 0.6 is 11.6 Å². The molecule has 1 N–H and O–H groups in total. The Morgan fingerprint density at radius 1 is 1.12 bits per heavy atom. The largest absolute Gasteiger partial charge is 0.490 e. The number of hydrogen-bond acceptors (Lipinski definition) is 4. The van der Waals surface area contributed by atoms with Gasteiger partial charge in [-0.2, -0.15) is 5.26 Å². The van der Waals surface area contributed by atoms with E-state index in [2.05, 4.69) is 11.9 Å². The molecule has 6 heteroatoms. The van der Waals surface area contributed by atoms with E-state index in [9.17, 15) is 10.1 Å². The highest BCUT2D eigenvalue weighted by Gasteiger charge is 2.15. The first kappa shape index (κ1) is 24.6. The molecule has 0 spiro atoms. The Kier molecular flexibility index (Phi) is 8.90. The molecule has 5 nitrogen and oxygen atoms in total. The maximum atomic E-state index is 12.7. The Morgan fingerprint density at radius 2 is 1.85 bits per heavy atom. The maximum absolute atomic E-state index is 12.7. The maximum Gasteiger partial charge on any atom is 0.266 e. The second kappa shape index (κ2) is 12.3. The van der Waals surface area contributed by atoms with Gasteiger partial charge in [0.2, 0.25) is 0 Å².